The Morgan fingerprint density at radius 1 is 1.50 bits per heavy atom. The van der Waals surface area contributed by atoms with Crippen LogP contribution in [0.15, 0.2) is 0 Å². The van der Waals surface area contributed by atoms with Gasteiger partial charge in [-0.25, -0.2) is 4.79 Å². The predicted octanol–water partition coefficient (Wildman–Crippen LogP) is 1.50. The summed E-state index contributed by atoms with van der Waals surface area (Å²) in [6, 6.07) is -0.748. The van der Waals surface area contributed by atoms with Gasteiger partial charge in [0.15, 0.2) is 0 Å². The Hall–Kier alpha value is -0.710. The molecular formula is C11H19NO3S. The molecule has 0 aromatic rings. The molecule has 1 atom stereocenters. The van der Waals surface area contributed by atoms with Crippen LogP contribution in [0.5, 0.6) is 0 Å². The Kier molecular flexibility index (Phi) is 5.66. The summed E-state index contributed by atoms with van der Waals surface area (Å²) in [6.45, 7) is 2.26. The quantitative estimate of drug-likeness (QED) is 0.696. The molecule has 0 bridgehead atoms. The fraction of sp³-hybridized carbons (Fsp3) is 0.818. The highest BCUT2D eigenvalue weighted by molar-refractivity contribution is 7.99. The summed E-state index contributed by atoms with van der Waals surface area (Å²) in [6.07, 6.45) is 5.26. The van der Waals surface area contributed by atoms with Gasteiger partial charge in [0.1, 0.15) is 6.04 Å². The molecule has 1 rings (SSSR count). The van der Waals surface area contributed by atoms with Gasteiger partial charge >= 0.3 is 5.97 Å². The molecule has 2 N–H and O–H groups in total. The van der Waals surface area contributed by atoms with Crippen molar-refractivity contribution in [3.05, 3.63) is 0 Å². The van der Waals surface area contributed by atoms with Gasteiger partial charge in [-0.2, -0.15) is 11.8 Å². The van der Waals surface area contributed by atoms with E-state index in [4.69, 9.17) is 5.11 Å². The van der Waals surface area contributed by atoms with E-state index in [2.05, 4.69) is 12.2 Å². The molecule has 1 fully saturated rings. The molecule has 0 aromatic carbocycles. The summed E-state index contributed by atoms with van der Waals surface area (Å²) in [5, 5.41) is 11.7. The van der Waals surface area contributed by atoms with Gasteiger partial charge in [-0.1, -0.05) is 6.92 Å². The number of aliphatic carboxylic acids is 1. The second-order valence-electron chi connectivity index (χ2n) is 4.39. The minimum atomic E-state index is -0.955. The zero-order valence-electron chi connectivity index (χ0n) is 9.52. The van der Waals surface area contributed by atoms with Gasteiger partial charge in [0.25, 0.3) is 0 Å². The number of hydrogen-bond acceptors (Lipinski definition) is 3. The van der Waals surface area contributed by atoms with Crippen LogP contribution in [0, 0.1) is 5.92 Å². The van der Waals surface area contributed by atoms with E-state index in [-0.39, 0.29) is 0 Å². The monoisotopic (exact) mass is 245 g/mol. The maximum absolute atomic E-state index is 10.8. The minimum absolute atomic E-state index is 0.461. The first-order valence-corrected chi connectivity index (χ1v) is 6.72. The minimum Gasteiger partial charge on any atom is -0.480 e. The van der Waals surface area contributed by atoms with Gasteiger partial charge in [-0.05, 0) is 31.6 Å². The number of amides is 1. The molecule has 0 aliphatic heterocycles. The highest BCUT2D eigenvalue weighted by atomic mass is 32.2. The highest BCUT2D eigenvalue weighted by Gasteiger charge is 2.22. The molecule has 4 nitrogen and oxygen atoms in total. The Morgan fingerprint density at radius 3 is 2.62 bits per heavy atom. The van der Waals surface area contributed by atoms with Crippen molar-refractivity contribution in [2.75, 3.05) is 5.75 Å². The Balaban J connectivity index is 2.26. The van der Waals surface area contributed by atoms with Gasteiger partial charge in [-0.15, -0.1) is 0 Å². The zero-order chi connectivity index (χ0) is 12.0. The van der Waals surface area contributed by atoms with Gasteiger partial charge < -0.3 is 10.4 Å². The van der Waals surface area contributed by atoms with Gasteiger partial charge in [-0.3, -0.25) is 4.79 Å². The van der Waals surface area contributed by atoms with Crippen LogP contribution >= 0.6 is 11.8 Å². The largest absolute Gasteiger partial charge is 0.480 e. The lowest BCUT2D eigenvalue weighted by Gasteiger charge is -2.26. The van der Waals surface area contributed by atoms with Crippen LogP contribution < -0.4 is 5.32 Å². The third kappa shape index (κ3) is 4.43. The lowest BCUT2D eigenvalue weighted by Crippen LogP contribution is -2.38. The number of carbonyl (C=O) groups excluding carboxylic acids is 1. The molecule has 1 unspecified atom stereocenters. The highest BCUT2D eigenvalue weighted by Crippen LogP contribution is 2.31. The van der Waals surface area contributed by atoms with Crippen LogP contribution in [0.4, 0.5) is 0 Å². The van der Waals surface area contributed by atoms with Crippen LogP contribution in [0.25, 0.3) is 0 Å². The first kappa shape index (κ1) is 13.4. The second kappa shape index (κ2) is 6.78. The van der Waals surface area contributed by atoms with Crippen molar-refractivity contribution in [2.45, 2.75) is 43.9 Å². The Bertz CT molecular complexity index is 239. The molecule has 16 heavy (non-hydrogen) atoms. The number of carboxylic acid groups (broad SMARTS) is 1. The van der Waals surface area contributed by atoms with Crippen molar-refractivity contribution in [2.24, 2.45) is 5.92 Å². The SMILES string of the molecule is CC1CCC(SCC(NC=O)C(=O)O)CC1. The Labute approximate surface area is 100 Å². The topological polar surface area (TPSA) is 66.4 Å². The van der Waals surface area contributed by atoms with Crippen molar-refractivity contribution in [3.63, 3.8) is 0 Å². The Morgan fingerprint density at radius 2 is 2.12 bits per heavy atom. The smallest absolute Gasteiger partial charge is 0.327 e. The van der Waals surface area contributed by atoms with Gasteiger partial charge in [0, 0.05) is 11.0 Å². The summed E-state index contributed by atoms with van der Waals surface area (Å²) in [5.41, 5.74) is 0. The molecular weight excluding hydrogens is 226 g/mol. The lowest BCUT2D eigenvalue weighted by atomic mass is 9.91. The number of carbonyl (C=O) groups is 2. The van der Waals surface area contributed by atoms with Crippen molar-refractivity contribution in [1.29, 1.82) is 0 Å². The first-order chi connectivity index (χ1) is 7.63. The van der Waals surface area contributed by atoms with E-state index in [9.17, 15) is 9.59 Å². The molecule has 1 saturated carbocycles. The van der Waals surface area contributed by atoms with Crippen molar-refractivity contribution >= 4 is 24.1 Å². The first-order valence-electron chi connectivity index (χ1n) is 5.67. The molecule has 0 aromatic heterocycles. The van der Waals surface area contributed by atoms with Crippen LogP contribution in [0.3, 0.4) is 0 Å². The number of thioether (sulfide) groups is 1. The standard InChI is InChI=1S/C11H19NO3S/c1-8-2-4-9(5-3-8)16-6-10(11(14)15)12-7-13/h7-10H,2-6H2,1H3,(H,12,13)(H,14,15). The van der Waals surface area contributed by atoms with Crippen molar-refractivity contribution in [3.8, 4) is 0 Å². The maximum Gasteiger partial charge on any atom is 0.327 e. The third-order valence-electron chi connectivity index (χ3n) is 3.03. The molecule has 0 radical (unpaired) electrons. The van der Waals surface area contributed by atoms with Crippen LogP contribution in [0.1, 0.15) is 32.6 Å². The summed E-state index contributed by atoms with van der Waals surface area (Å²) < 4.78 is 0. The molecule has 92 valence electrons. The van der Waals surface area contributed by atoms with Crippen molar-refractivity contribution in [1.82, 2.24) is 5.32 Å². The lowest BCUT2D eigenvalue weighted by molar-refractivity contribution is -0.139. The van der Waals surface area contributed by atoms with Crippen molar-refractivity contribution < 1.29 is 14.7 Å². The summed E-state index contributed by atoms with van der Waals surface area (Å²) in [5.74, 6) is 0.316. The molecule has 1 aliphatic carbocycles. The van der Waals surface area contributed by atoms with E-state index in [1.54, 1.807) is 11.8 Å². The van der Waals surface area contributed by atoms with E-state index in [0.29, 0.717) is 17.4 Å². The summed E-state index contributed by atoms with van der Waals surface area (Å²) in [7, 11) is 0. The maximum atomic E-state index is 10.8. The van der Waals surface area contributed by atoms with Crippen LogP contribution in [-0.4, -0.2) is 34.5 Å². The van der Waals surface area contributed by atoms with E-state index in [1.807, 2.05) is 0 Å². The number of carboxylic acids is 1. The third-order valence-corrected chi connectivity index (χ3v) is 4.50. The predicted molar refractivity (Wildman–Crippen MR) is 64.5 cm³/mol. The summed E-state index contributed by atoms with van der Waals surface area (Å²) in [4.78, 5) is 21.0. The summed E-state index contributed by atoms with van der Waals surface area (Å²) >= 11 is 1.67. The van der Waals surface area contributed by atoms with E-state index in [1.165, 1.54) is 25.7 Å². The zero-order valence-corrected chi connectivity index (χ0v) is 10.3. The van der Waals surface area contributed by atoms with E-state index >= 15 is 0 Å². The number of nitrogens with one attached hydrogen (secondary N) is 1. The van der Waals surface area contributed by atoms with Crippen LogP contribution in [0.2, 0.25) is 0 Å². The molecule has 0 saturated heterocycles. The molecule has 0 spiro atoms. The average molecular weight is 245 g/mol. The number of hydrogen-bond donors (Lipinski definition) is 2. The fourth-order valence-electron chi connectivity index (χ4n) is 1.90. The average Bonchev–Trinajstić information content (AvgIpc) is 2.26. The van der Waals surface area contributed by atoms with Gasteiger partial charge in [0.05, 0.1) is 0 Å². The normalized spacial score (nSPS) is 27.1. The second-order valence-corrected chi connectivity index (χ2v) is 5.72. The molecule has 0 heterocycles. The molecule has 1 amide bonds. The number of rotatable bonds is 6. The van der Waals surface area contributed by atoms with Crippen LogP contribution in [-0.2, 0) is 9.59 Å². The molecule has 1 aliphatic rings. The van der Waals surface area contributed by atoms with E-state index < -0.39 is 12.0 Å². The fourth-order valence-corrected chi connectivity index (χ4v) is 3.21. The van der Waals surface area contributed by atoms with Gasteiger partial charge in [0.2, 0.25) is 6.41 Å². The van der Waals surface area contributed by atoms with E-state index in [0.717, 1.165) is 5.92 Å². The molecule has 5 heteroatoms.